The van der Waals surface area contributed by atoms with E-state index in [1.165, 1.54) is 11.1 Å². The zero-order valence-corrected chi connectivity index (χ0v) is 12.2. The lowest BCUT2D eigenvalue weighted by molar-refractivity contribution is 0.413. The van der Waals surface area contributed by atoms with Crippen LogP contribution in [0.15, 0.2) is 45.5 Å². The fraction of sp³-hybridized carbons (Fsp3) is 0.294. The minimum Gasteiger partial charge on any atom is -0.467 e. The number of aromatic nitrogens is 2. The molecular formula is C17H17N3O2. The molecule has 0 saturated carbocycles. The van der Waals surface area contributed by atoms with Crippen molar-refractivity contribution < 1.29 is 8.94 Å². The number of hydrogen-bond donors (Lipinski definition) is 1. The quantitative estimate of drug-likeness (QED) is 0.802. The Morgan fingerprint density at radius 3 is 3.05 bits per heavy atom. The molecule has 5 heteroatoms. The molecule has 1 aliphatic carbocycles. The molecule has 2 heterocycles. The Hall–Kier alpha value is -2.40. The first-order valence-electron chi connectivity index (χ1n) is 7.55. The molecule has 0 spiro atoms. The van der Waals surface area contributed by atoms with Crippen molar-refractivity contribution >= 4 is 0 Å². The van der Waals surface area contributed by atoms with E-state index in [9.17, 15) is 0 Å². The SMILES string of the molecule is NCc1occc1-c1nc(C2CCCc3ccccc32)no1. The highest BCUT2D eigenvalue weighted by atomic mass is 16.5. The van der Waals surface area contributed by atoms with Gasteiger partial charge in [-0.2, -0.15) is 4.98 Å². The van der Waals surface area contributed by atoms with Gasteiger partial charge in [0.15, 0.2) is 5.82 Å². The van der Waals surface area contributed by atoms with Gasteiger partial charge in [-0.05, 0) is 36.5 Å². The molecule has 5 nitrogen and oxygen atoms in total. The van der Waals surface area contributed by atoms with E-state index in [1.807, 2.05) is 6.07 Å². The minimum atomic E-state index is 0.204. The largest absolute Gasteiger partial charge is 0.467 e. The summed E-state index contributed by atoms with van der Waals surface area (Å²) in [6.45, 7) is 0.312. The maximum Gasteiger partial charge on any atom is 0.261 e. The van der Waals surface area contributed by atoms with Gasteiger partial charge in [-0.25, -0.2) is 0 Å². The van der Waals surface area contributed by atoms with Crippen LogP contribution in [0.3, 0.4) is 0 Å². The molecule has 0 saturated heterocycles. The van der Waals surface area contributed by atoms with Crippen LogP contribution in [-0.2, 0) is 13.0 Å². The molecule has 0 radical (unpaired) electrons. The topological polar surface area (TPSA) is 78.1 Å². The van der Waals surface area contributed by atoms with Crippen LogP contribution in [0.5, 0.6) is 0 Å². The molecule has 1 atom stereocenters. The average Bonchev–Trinajstić information content (AvgIpc) is 3.22. The van der Waals surface area contributed by atoms with Gasteiger partial charge in [0.2, 0.25) is 0 Å². The van der Waals surface area contributed by atoms with Gasteiger partial charge < -0.3 is 14.7 Å². The maximum absolute atomic E-state index is 5.66. The summed E-state index contributed by atoms with van der Waals surface area (Å²) in [4.78, 5) is 4.59. The Balaban J connectivity index is 1.71. The summed E-state index contributed by atoms with van der Waals surface area (Å²) in [6.07, 6.45) is 4.91. The highest BCUT2D eigenvalue weighted by Gasteiger charge is 2.26. The second-order valence-corrected chi connectivity index (χ2v) is 5.56. The summed E-state index contributed by atoms with van der Waals surface area (Å²) in [5.74, 6) is 2.09. The van der Waals surface area contributed by atoms with E-state index >= 15 is 0 Å². The van der Waals surface area contributed by atoms with Crippen LogP contribution >= 0.6 is 0 Å². The Bertz CT molecular complexity index is 791. The van der Waals surface area contributed by atoms with E-state index in [-0.39, 0.29) is 5.92 Å². The fourth-order valence-electron chi connectivity index (χ4n) is 3.20. The predicted molar refractivity (Wildman–Crippen MR) is 81.1 cm³/mol. The van der Waals surface area contributed by atoms with Gasteiger partial charge in [0.25, 0.3) is 5.89 Å². The molecular weight excluding hydrogens is 278 g/mol. The number of fused-ring (bicyclic) bond motifs is 1. The Morgan fingerprint density at radius 1 is 1.23 bits per heavy atom. The Labute approximate surface area is 128 Å². The average molecular weight is 295 g/mol. The Morgan fingerprint density at radius 2 is 2.14 bits per heavy atom. The van der Waals surface area contributed by atoms with Crippen LogP contribution in [0.4, 0.5) is 0 Å². The van der Waals surface area contributed by atoms with Crippen LogP contribution < -0.4 is 5.73 Å². The number of hydrogen-bond acceptors (Lipinski definition) is 5. The monoisotopic (exact) mass is 295 g/mol. The van der Waals surface area contributed by atoms with Gasteiger partial charge in [0, 0.05) is 5.92 Å². The molecule has 0 amide bonds. The molecule has 0 bridgehead atoms. The van der Waals surface area contributed by atoms with Gasteiger partial charge in [-0.3, -0.25) is 0 Å². The first-order valence-corrected chi connectivity index (χ1v) is 7.55. The van der Waals surface area contributed by atoms with Crippen LogP contribution in [-0.4, -0.2) is 10.1 Å². The second kappa shape index (κ2) is 5.42. The van der Waals surface area contributed by atoms with E-state index in [0.29, 0.717) is 18.2 Å². The number of benzene rings is 1. The molecule has 1 unspecified atom stereocenters. The minimum absolute atomic E-state index is 0.204. The second-order valence-electron chi connectivity index (χ2n) is 5.56. The number of nitrogens with two attached hydrogens (primary N) is 1. The van der Waals surface area contributed by atoms with Gasteiger partial charge in [-0.15, -0.1) is 0 Å². The van der Waals surface area contributed by atoms with Crippen LogP contribution in [0.1, 0.15) is 41.5 Å². The molecule has 0 fully saturated rings. The molecule has 0 aliphatic heterocycles. The third-order valence-corrected chi connectivity index (χ3v) is 4.28. The van der Waals surface area contributed by atoms with Crippen molar-refractivity contribution in [3.8, 4) is 11.5 Å². The number of aryl methyl sites for hydroxylation is 1. The predicted octanol–water partition coefficient (Wildman–Crippen LogP) is 3.26. The van der Waals surface area contributed by atoms with Crippen molar-refractivity contribution in [1.82, 2.24) is 10.1 Å². The van der Waals surface area contributed by atoms with E-state index < -0.39 is 0 Å². The third-order valence-electron chi connectivity index (χ3n) is 4.28. The van der Waals surface area contributed by atoms with E-state index in [0.717, 1.165) is 30.7 Å². The van der Waals surface area contributed by atoms with Gasteiger partial charge in [-0.1, -0.05) is 29.4 Å². The fourth-order valence-corrected chi connectivity index (χ4v) is 3.20. The van der Waals surface area contributed by atoms with E-state index in [2.05, 4.69) is 34.4 Å². The van der Waals surface area contributed by atoms with Gasteiger partial charge in [0.1, 0.15) is 5.76 Å². The molecule has 1 aromatic carbocycles. The van der Waals surface area contributed by atoms with Crippen molar-refractivity contribution in [1.29, 1.82) is 0 Å². The van der Waals surface area contributed by atoms with Crippen molar-refractivity contribution in [3.05, 3.63) is 59.3 Å². The number of furan rings is 1. The summed E-state index contributed by atoms with van der Waals surface area (Å²) in [5.41, 5.74) is 9.14. The normalized spacial score (nSPS) is 17.4. The summed E-state index contributed by atoms with van der Waals surface area (Å²) >= 11 is 0. The molecule has 4 rings (SSSR count). The van der Waals surface area contributed by atoms with Crippen molar-refractivity contribution in [2.24, 2.45) is 5.73 Å². The lowest BCUT2D eigenvalue weighted by Crippen LogP contribution is -2.12. The summed E-state index contributed by atoms with van der Waals surface area (Å²) in [6, 6.07) is 10.3. The zero-order chi connectivity index (χ0) is 14.9. The molecule has 1 aliphatic rings. The highest BCUT2D eigenvalue weighted by molar-refractivity contribution is 5.55. The smallest absolute Gasteiger partial charge is 0.261 e. The van der Waals surface area contributed by atoms with Crippen molar-refractivity contribution in [3.63, 3.8) is 0 Å². The molecule has 22 heavy (non-hydrogen) atoms. The van der Waals surface area contributed by atoms with Gasteiger partial charge >= 0.3 is 0 Å². The summed E-state index contributed by atoms with van der Waals surface area (Å²) < 4.78 is 10.8. The third kappa shape index (κ3) is 2.14. The summed E-state index contributed by atoms with van der Waals surface area (Å²) in [7, 11) is 0. The molecule has 2 aromatic heterocycles. The maximum atomic E-state index is 5.66. The highest BCUT2D eigenvalue weighted by Crippen LogP contribution is 2.36. The standard InChI is InChI=1S/C17H17N3O2/c18-10-15-14(8-9-21-15)17-19-16(20-22-17)13-7-3-5-11-4-1-2-6-12(11)13/h1-2,4,6,8-9,13H,3,5,7,10,18H2. The first-order chi connectivity index (χ1) is 10.9. The van der Waals surface area contributed by atoms with Crippen molar-refractivity contribution in [2.75, 3.05) is 0 Å². The van der Waals surface area contributed by atoms with Gasteiger partial charge in [0.05, 0.1) is 18.4 Å². The van der Waals surface area contributed by atoms with Crippen LogP contribution in [0, 0.1) is 0 Å². The number of nitrogens with zero attached hydrogens (tertiary/aromatic N) is 2. The van der Waals surface area contributed by atoms with E-state index in [1.54, 1.807) is 6.26 Å². The number of rotatable bonds is 3. The zero-order valence-electron chi connectivity index (χ0n) is 12.2. The summed E-state index contributed by atoms with van der Waals surface area (Å²) in [5, 5.41) is 4.20. The van der Waals surface area contributed by atoms with Crippen LogP contribution in [0.2, 0.25) is 0 Å². The Kier molecular flexibility index (Phi) is 3.27. The van der Waals surface area contributed by atoms with Crippen LogP contribution in [0.25, 0.3) is 11.5 Å². The molecule has 2 N–H and O–H groups in total. The lowest BCUT2D eigenvalue weighted by Gasteiger charge is -2.22. The molecule has 3 aromatic rings. The van der Waals surface area contributed by atoms with Crippen molar-refractivity contribution in [2.45, 2.75) is 31.7 Å². The molecule has 112 valence electrons. The lowest BCUT2D eigenvalue weighted by atomic mass is 9.82. The van der Waals surface area contributed by atoms with E-state index in [4.69, 9.17) is 14.7 Å². The first kappa shape index (κ1) is 13.3.